The van der Waals surface area contributed by atoms with Crippen molar-refractivity contribution in [2.45, 2.75) is 45.1 Å². The molecule has 1 unspecified atom stereocenters. The molecule has 1 saturated heterocycles. The van der Waals surface area contributed by atoms with Crippen molar-refractivity contribution in [2.75, 3.05) is 31.1 Å². The van der Waals surface area contributed by atoms with Crippen LogP contribution in [-0.4, -0.2) is 52.9 Å². The Labute approximate surface area is 186 Å². The van der Waals surface area contributed by atoms with Crippen LogP contribution in [0.4, 0.5) is 5.13 Å². The lowest BCUT2D eigenvalue weighted by atomic mass is 9.84. The van der Waals surface area contributed by atoms with E-state index in [-0.39, 0.29) is 17.7 Å². The molecule has 1 saturated carbocycles. The Kier molecular flexibility index (Phi) is 5.89. The topological polar surface area (TPSA) is 78.4 Å². The number of nitrogens with one attached hydrogen (secondary N) is 1. The van der Waals surface area contributed by atoms with Crippen LogP contribution in [0.5, 0.6) is 0 Å². The maximum Gasteiger partial charge on any atom is 0.225 e. The van der Waals surface area contributed by atoms with Crippen molar-refractivity contribution in [3.63, 3.8) is 0 Å². The fourth-order valence-electron chi connectivity index (χ4n) is 4.58. The van der Waals surface area contributed by atoms with Crippen LogP contribution in [0.1, 0.15) is 41.9 Å². The fourth-order valence-corrected chi connectivity index (χ4v) is 5.81. The normalized spacial score (nSPS) is 21.4. The van der Waals surface area contributed by atoms with E-state index in [2.05, 4.69) is 15.2 Å². The van der Waals surface area contributed by atoms with Crippen molar-refractivity contribution in [2.24, 2.45) is 11.8 Å². The second-order valence-electron chi connectivity index (χ2n) is 8.79. The van der Waals surface area contributed by atoms with E-state index in [0.29, 0.717) is 12.5 Å². The molecule has 5 rings (SSSR count). The molecule has 7 nitrogen and oxygen atoms in total. The lowest BCUT2D eigenvalue weighted by molar-refractivity contribution is -0.138. The first kappa shape index (κ1) is 20.4. The number of piperazine rings is 1. The van der Waals surface area contributed by atoms with Gasteiger partial charge in [-0.15, -0.1) is 11.3 Å². The van der Waals surface area contributed by atoms with E-state index < -0.39 is 0 Å². The van der Waals surface area contributed by atoms with Gasteiger partial charge in [0, 0.05) is 49.1 Å². The summed E-state index contributed by atoms with van der Waals surface area (Å²) in [4.78, 5) is 39.9. The maximum absolute atomic E-state index is 12.7. The number of carbonyl (C=O) groups excluding carboxylic acids is 2. The minimum absolute atomic E-state index is 0.00135. The van der Waals surface area contributed by atoms with Crippen molar-refractivity contribution in [1.29, 1.82) is 0 Å². The first-order chi connectivity index (χ1) is 15.2. The number of fused-ring (bicyclic) bond motifs is 1. The zero-order valence-electron chi connectivity index (χ0n) is 17.8. The molecule has 0 bridgehead atoms. The quantitative estimate of drug-likeness (QED) is 0.774. The van der Waals surface area contributed by atoms with Gasteiger partial charge in [0.1, 0.15) is 0 Å². The van der Waals surface area contributed by atoms with E-state index in [4.69, 9.17) is 4.98 Å². The first-order valence-electron chi connectivity index (χ1n) is 11.4. The van der Waals surface area contributed by atoms with Gasteiger partial charge in [0.05, 0.1) is 17.9 Å². The summed E-state index contributed by atoms with van der Waals surface area (Å²) in [6.45, 7) is 3.74. The van der Waals surface area contributed by atoms with Gasteiger partial charge in [0.2, 0.25) is 11.8 Å². The number of carbonyl (C=O) groups is 2. The SMILES string of the molecule is O=C(NCc1ccccn1)C1CCc2nc(N3CCN(C(=O)C4CCC4)CC3)sc2C1. The highest BCUT2D eigenvalue weighted by molar-refractivity contribution is 7.15. The molecule has 164 valence electrons. The molecule has 2 amide bonds. The number of rotatable bonds is 5. The zero-order chi connectivity index (χ0) is 21.2. The molecule has 2 fully saturated rings. The zero-order valence-corrected chi connectivity index (χ0v) is 18.6. The molecular weight excluding hydrogens is 410 g/mol. The number of amides is 2. The number of pyridine rings is 1. The van der Waals surface area contributed by atoms with Crippen LogP contribution in [0.25, 0.3) is 0 Å². The summed E-state index contributed by atoms with van der Waals surface area (Å²) < 4.78 is 0. The van der Waals surface area contributed by atoms with E-state index in [9.17, 15) is 9.59 Å². The predicted octanol–water partition coefficient (Wildman–Crippen LogP) is 2.41. The van der Waals surface area contributed by atoms with Gasteiger partial charge < -0.3 is 15.1 Å². The van der Waals surface area contributed by atoms with Gasteiger partial charge in [0.15, 0.2) is 5.13 Å². The van der Waals surface area contributed by atoms with Gasteiger partial charge in [-0.1, -0.05) is 12.5 Å². The van der Waals surface area contributed by atoms with Crippen LogP contribution >= 0.6 is 11.3 Å². The molecule has 31 heavy (non-hydrogen) atoms. The van der Waals surface area contributed by atoms with Crippen molar-refractivity contribution in [3.05, 3.63) is 40.7 Å². The molecule has 2 aliphatic carbocycles. The smallest absolute Gasteiger partial charge is 0.225 e. The molecule has 2 aromatic heterocycles. The molecule has 0 spiro atoms. The van der Waals surface area contributed by atoms with E-state index >= 15 is 0 Å². The van der Waals surface area contributed by atoms with Gasteiger partial charge in [-0.2, -0.15) is 0 Å². The van der Waals surface area contributed by atoms with Gasteiger partial charge in [-0.25, -0.2) is 4.98 Å². The Morgan fingerprint density at radius 3 is 2.65 bits per heavy atom. The number of thiazole rings is 1. The number of aryl methyl sites for hydroxylation is 1. The lowest BCUT2D eigenvalue weighted by Gasteiger charge is -2.38. The highest BCUT2D eigenvalue weighted by Crippen LogP contribution is 2.35. The Bertz CT molecular complexity index is 935. The molecule has 2 aromatic rings. The van der Waals surface area contributed by atoms with Crippen molar-refractivity contribution < 1.29 is 9.59 Å². The molecule has 0 aromatic carbocycles. The molecule has 8 heteroatoms. The van der Waals surface area contributed by atoms with Crippen LogP contribution in [0, 0.1) is 11.8 Å². The number of hydrogen-bond donors (Lipinski definition) is 1. The highest BCUT2D eigenvalue weighted by Gasteiger charge is 2.33. The molecule has 1 atom stereocenters. The van der Waals surface area contributed by atoms with E-state index in [0.717, 1.165) is 74.8 Å². The minimum Gasteiger partial charge on any atom is -0.350 e. The molecule has 1 N–H and O–H groups in total. The summed E-state index contributed by atoms with van der Waals surface area (Å²) in [5.41, 5.74) is 2.03. The second-order valence-corrected chi connectivity index (χ2v) is 9.85. The molecule has 1 aliphatic heterocycles. The Morgan fingerprint density at radius 2 is 1.94 bits per heavy atom. The fraction of sp³-hybridized carbons (Fsp3) is 0.565. The maximum atomic E-state index is 12.7. The number of hydrogen-bond acceptors (Lipinski definition) is 6. The summed E-state index contributed by atoms with van der Waals surface area (Å²) in [6, 6.07) is 5.74. The average molecular weight is 440 g/mol. The third-order valence-electron chi connectivity index (χ3n) is 6.79. The van der Waals surface area contributed by atoms with Gasteiger partial charge in [0.25, 0.3) is 0 Å². The Hall–Kier alpha value is -2.48. The summed E-state index contributed by atoms with van der Waals surface area (Å²) in [7, 11) is 0. The van der Waals surface area contributed by atoms with Crippen LogP contribution in [0.3, 0.4) is 0 Å². The first-order valence-corrected chi connectivity index (χ1v) is 12.2. The second kappa shape index (κ2) is 8.94. The third kappa shape index (κ3) is 4.44. The van der Waals surface area contributed by atoms with Crippen molar-refractivity contribution >= 4 is 28.3 Å². The summed E-state index contributed by atoms with van der Waals surface area (Å²) in [5, 5.41) is 4.09. The lowest BCUT2D eigenvalue weighted by Crippen LogP contribution is -2.51. The largest absolute Gasteiger partial charge is 0.350 e. The third-order valence-corrected chi connectivity index (χ3v) is 7.97. The molecule has 3 aliphatic rings. The average Bonchev–Trinajstić information content (AvgIpc) is 3.20. The standard InChI is InChI=1S/C23H29N5O2S/c29-21(25-15-18-6-1-2-9-24-18)17-7-8-19-20(14-17)31-23(26-19)28-12-10-27(11-13-28)22(30)16-4-3-5-16/h1-2,6,9,16-17H,3-5,7-8,10-15H2,(H,25,29). The van der Waals surface area contributed by atoms with Crippen molar-refractivity contribution in [1.82, 2.24) is 20.2 Å². The van der Waals surface area contributed by atoms with E-state index in [1.165, 1.54) is 11.3 Å². The number of aromatic nitrogens is 2. The van der Waals surface area contributed by atoms with E-state index in [1.807, 2.05) is 23.1 Å². The minimum atomic E-state index is 0.00135. The molecule has 3 heterocycles. The summed E-state index contributed by atoms with van der Waals surface area (Å²) in [6.07, 6.45) is 7.53. The van der Waals surface area contributed by atoms with Crippen LogP contribution in [0.15, 0.2) is 24.4 Å². The van der Waals surface area contributed by atoms with Crippen molar-refractivity contribution in [3.8, 4) is 0 Å². The summed E-state index contributed by atoms with van der Waals surface area (Å²) in [5.74, 6) is 0.735. The van der Waals surface area contributed by atoms with Crippen LogP contribution in [-0.2, 0) is 29.0 Å². The van der Waals surface area contributed by atoms with Crippen LogP contribution < -0.4 is 10.2 Å². The molecule has 0 radical (unpaired) electrons. The van der Waals surface area contributed by atoms with Crippen LogP contribution in [0.2, 0.25) is 0 Å². The number of nitrogens with zero attached hydrogens (tertiary/aromatic N) is 4. The molecular formula is C23H29N5O2S. The van der Waals surface area contributed by atoms with E-state index in [1.54, 1.807) is 17.5 Å². The monoisotopic (exact) mass is 439 g/mol. The number of anilines is 1. The van der Waals surface area contributed by atoms with Gasteiger partial charge in [-0.3, -0.25) is 14.6 Å². The van der Waals surface area contributed by atoms with Gasteiger partial charge in [-0.05, 0) is 44.2 Å². The Balaban J connectivity index is 1.15. The highest BCUT2D eigenvalue weighted by atomic mass is 32.1. The predicted molar refractivity (Wildman–Crippen MR) is 120 cm³/mol. The Morgan fingerprint density at radius 1 is 1.10 bits per heavy atom. The van der Waals surface area contributed by atoms with Gasteiger partial charge >= 0.3 is 0 Å². The summed E-state index contributed by atoms with van der Waals surface area (Å²) >= 11 is 1.73.